The first-order chi connectivity index (χ1) is 6.63. The second kappa shape index (κ2) is 5.64. The van der Waals surface area contributed by atoms with E-state index in [1.54, 1.807) is 0 Å². The summed E-state index contributed by atoms with van der Waals surface area (Å²) in [6, 6.07) is 0.401. The van der Waals surface area contributed by atoms with Crippen LogP contribution >= 0.6 is 0 Å². The fourth-order valence-corrected chi connectivity index (χ4v) is 2.34. The van der Waals surface area contributed by atoms with Gasteiger partial charge in [0.05, 0.1) is 0 Å². The van der Waals surface area contributed by atoms with Gasteiger partial charge in [-0.05, 0) is 38.3 Å². The van der Waals surface area contributed by atoms with Gasteiger partial charge in [-0.2, -0.15) is 0 Å². The van der Waals surface area contributed by atoms with E-state index in [2.05, 4.69) is 18.7 Å². The Labute approximate surface area is 85.5 Å². The molecule has 0 saturated carbocycles. The number of likely N-dealkylation sites (tertiary alicyclic amines) is 1. The van der Waals surface area contributed by atoms with E-state index >= 15 is 0 Å². The zero-order chi connectivity index (χ0) is 10.6. The third kappa shape index (κ3) is 3.52. The van der Waals surface area contributed by atoms with E-state index in [1.165, 1.54) is 6.42 Å². The molecular weight excluding hydrogens is 184 g/mol. The molecule has 1 fully saturated rings. The lowest BCUT2D eigenvalue weighted by Gasteiger charge is -2.38. The fourth-order valence-electron chi connectivity index (χ4n) is 2.34. The number of hydrogen-bond donors (Lipinski definition) is 0. The summed E-state index contributed by atoms with van der Waals surface area (Å²) in [6.07, 6.45) is 0.912. The van der Waals surface area contributed by atoms with Gasteiger partial charge in [0.15, 0.2) is 0 Å². The van der Waals surface area contributed by atoms with Gasteiger partial charge in [0.1, 0.15) is 0 Å². The van der Waals surface area contributed by atoms with Gasteiger partial charge in [0, 0.05) is 12.5 Å². The highest BCUT2D eigenvalue weighted by atomic mass is 19.3. The Balaban J connectivity index is 2.36. The molecule has 1 rings (SSSR count). The van der Waals surface area contributed by atoms with Crippen molar-refractivity contribution in [1.82, 2.24) is 4.90 Å². The van der Waals surface area contributed by atoms with Crippen LogP contribution in [0.3, 0.4) is 0 Å². The van der Waals surface area contributed by atoms with Crippen LogP contribution in [0.15, 0.2) is 0 Å². The van der Waals surface area contributed by atoms with Gasteiger partial charge < -0.3 is 4.90 Å². The molecule has 1 aliphatic rings. The predicted octanol–water partition coefficient (Wildman–Crippen LogP) is 3.15. The zero-order valence-electron chi connectivity index (χ0n) is 9.18. The van der Waals surface area contributed by atoms with Crippen molar-refractivity contribution in [2.45, 2.75) is 52.0 Å². The normalized spacial score (nSPS) is 29.8. The van der Waals surface area contributed by atoms with Crippen molar-refractivity contribution in [1.29, 1.82) is 0 Å². The quantitative estimate of drug-likeness (QED) is 0.681. The molecule has 0 aromatic carbocycles. The predicted molar refractivity (Wildman–Crippen MR) is 54.7 cm³/mol. The molecule has 2 atom stereocenters. The first-order valence-corrected chi connectivity index (χ1v) is 5.65. The first kappa shape index (κ1) is 11.9. The number of piperidine rings is 1. The summed E-state index contributed by atoms with van der Waals surface area (Å²) < 4.78 is 24.2. The number of rotatable bonds is 4. The first-order valence-electron chi connectivity index (χ1n) is 5.65. The Morgan fingerprint density at radius 2 is 2.14 bits per heavy atom. The van der Waals surface area contributed by atoms with Crippen molar-refractivity contribution in [3.63, 3.8) is 0 Å². The molecule has 1 nitrogen and oxygen atoms in total. The molecule has 1 unspecified atom stereocenters. The summed E-state index contributed by atoms with van der Waals surface area (Å²) in [5.74, 6) is 0.709. The summed E-state index contributed by atoms with van der Waals surface area (Å²) in [4.78, 5) is 2.35. The van der Waals surface area contributed by atoms with Crippen molar-refractivity contribution >= 4 is 0 Å². The lowest BCUT2D eigenvalue weighted by atomic mass is 9.90. The molecule has 0 spiro atoms. The van der Waals surface area contributed by atoms with E-state index in [4.69, 9.17) is 0 Å². The van der Waals surface area contributed by atoms with Crippen LogP contribution in [-0.2, 0) is 0 Å². The topological polar surface area (TPSA) is 3.24 Å². The lowest BCUT2D eigenvalue weighted by Crippen LogP contribution is -2.41. The van der Waals surface area contributed by atoms with Crippen molar-refractivity contribution < 1.29 is 8.78 Å². The van der Waals surface area contributed by atoms with Crippen LogP contribution in [-0.4, -0.2) is 30.5 Å². The molecule has 14 heavy (non-hydrogen) atoms. The number of nitrogens with zero attached hydrogens (tertiary/aromatic N) is 1. The van der Waals surface area contributed by atoms with Gasteiger partial charge in [-0.25, -0.2) is 8.78 Å². The molecule has 0 N–H and O–H groups in total. The Morgan fingerprint density at radius 1 is 1.43 bits per heavy atom. The van der Waals surface area contributed by atoms with E-state index < -0.39 is 6.43 Å². The highest BCUT2D eigenvalue weighted by molar-refractivity contribution is 4.79. The van der Waals surface area contributed by atoms with Gasteiger partial charge >= 0.3 is 0 Å². The maximum absolute atomic E-state index is 12.1. The van der Waals surface area contributed by atoms with Crippen LogP contribution in [0.1, 0.15) is 39.5 Å². The standard InChI is InChI=1S/C11H21F2N/c1-3-14-7-6-9(2)8-10(14)4-5-11(12)13/h9-11H,3-8H2,1-2H3/t9-,10?/m1/s1. The fraction of sp³-hybridized carbons (Fsp3) is 1.00. The van der Waals surface area contributed by atoms with Gasteiger partial charge in [-0.1, -0.05) is 13.8 Å². The highest BCUT2D eigenvalue weighted by Gasteiger charge is 2.25. The maximum Gasteiger partial charge on any atom is 0.238 e. The summed E-state index contributed by atoms with van der Waals surface area (Å²) in [7, 11) is 0. The van der Waals surface area contributed by atoms with E-state index in [0.717, 1.165) is 19.5 Å². The smallest absolute Gasteiger partial charge is 0.238 e. The molecule has 1 aliphatic heterocycles. The van der Waals surface area contributed by atoms with Gasteiger partial charge in [0.2, 0.25) is 6.43 Å². The summed E-state index contributed by atoms with van der Waals surface area (Å²) in [6.45, 7) is 6.43. The number of hydrogen-bond acceptors (Lipinski definition) is 1. The average Bonchev–Trinajstić information content (AvgIpc) is 2.15. The minimum Gasteiger partial charge on any atom is -0.301 e. The summed E-state index contributed by atoms with van der Waals surface area (Å²) >= 11 is 0. The van der Waals surface area contributed by atoms with Crippen molar-refractivity contribution in [2.24, 2.45) is 5.92 Å². The minimum absolute atomic E-state index is 0.0634. The molecule has 0 bridgehead atoms. The van der Waals surface area contributed by atoms with E-state index in [0.29, 0.717) is 18.4 Å². The molecule has 3 heteroatoms. The minimum atomic E-state index is -2.13. The van der Waals surface area contributed by atoms with E-state index in [-0.39, 0.29) is 6.42 Å². The van der Waals surface area contributed by atoms with Crippen molar-refractivity contribution in [3.05, 3.63) is 0 Å². The molecule has 0 aromatic rings. The van der Waals surface area contributed by atoms with Crippen LogP contribution in [0.4, 0.5) is 8.78 Å². The second-order valence-electron chi connectivity index (χ2n) is 4.38. The van der Waals surface area contributed by atoms with Crippen LogP contribution in [0.2, 0.25) is 0 Å². The molecule has 0 aliphatic carbocycles. The molecule has 84 valence electrons. The Kier molecular flexibility index (Phi) is 4.79. The lowest BCUT2D eigenvalue weighted by molar-refractivity contribution is 0.0821. The van der Waals surface area contributed by atoms with Gasteiger partial charge in [-0.3, -0.25) is 0 Å². The number of halogens is 2. The highest BCUT2D eigenvalue weighted by Crippen LogP contribution is 2.25. The molecule has 0 radical (unpaired) electrons. The summed E-state index contributed by atoms with van der Waals surface area (Å²) in [5, 5.41) is 0. The summed E-state index contributed by atoms with van der Waals surface area (Å²) in [5.41, 5.74) is 0. The SMILES string of the molecule is CCN1CC[C@@H](C)CC1CCC(F)F. The van der Waals surface area contributed by atoms with Crippen molar-refractivity contribution in [2.75, 3.05) is 13.1 Å². The van der Waals surface area contributed by atoms with E-state index in [1.807, 2.05) is 0 Å². The van der Waals surface area contributed by atoms with Gasteiger partial charge in [-0.15, -0.1) is 0 Å². The zero-order valence-corrected chi connectivity index (χ0v) is 9.18. The van der Waals surface area contributed by atoms with E-state index in [9.17, 15) is 8.78 Å². The van der Waals surface area contributed by atoms with Crippen molar-refractivity contribution in [3.8, 4) is 0 Å². The number of alkyl halides is 2. The molecule has 1 saturated heterocycles. The maximum atomic E-state index is 12.1. The molecule has 0 aromatic heterocycles. The van der Waals surface area contributed by atoms with Crippen LogP contribution in [0.5, 0.6) is 0 Å². The van der Waals surface area contributed by atoms with Crippen LogP contribution < -0.4 is 0 Å². The Hall–Kier alpha value is -0.180. The Morgan fingerprint density at radius 3 is 2.71 bits per heavy atom. The van der Waals surface area contributed by atoms with Crippen LogP contribution in [0.25, 0.3) is 0 Å². The molecule has 1 heterocycles. The van der Waals surface area contributed by atoms with Crippen LogP contribution in [0, 0.1) is 5.92 Å². The molecular formula is C11H21F2N. The Bertz CT molecular complexity index is 161. The second-order valence-corrected chi connectivity index (χ2v) is 4.38. The average molecular weight is 205 g/mol. The largest absolute Gasteiger partial charge is 0.301 e. The molecule has 0 amide bonds. The monoisotopic (exact) mass is 205 g/mol. The third-order valence-electron chi connectivity index (χ3n) is 3.22. The van der Waals surface area contributed by atoms with Gasteiger partial charge in [0.25, 0.3) is 0 Å². The third-order valence-corrected chi connectivity index (χ3v) is 3.22.